The summed E-state index contributed by atoms with van der Waals surface area (Å²) in [5, 5.41) is 2.89. The highest BCUT2D eigenvalue weighted by Gasteiger charge is 2.35. The lowest BCUT2D eigenvalue weighted by Crippen LogP contribution is -2.34. The molecule has 1 saturated heterocycles. The lowest BCUT2D eigenvalue weighted by Gasteiger charge is -2.22. The molecule has 1 unspecified atom stereocenters. The summed E-state index contributed by atoms with van der Waals surface area (Å²) in [5.41, 5.74) is 7.14. The molecule has 3 N–H and O–H groups in total. The number of hydrogen-bond acceptors (Lipinski definition) is 3. The van der Waals surface area contributed by atoms with Crippen molar-refractivity contribution in [2.24, 2.45) is 17.1 Å². The highest BCUT2D eigenvalue weighted by Crippen LogP contribution is 2.31. The number of halogens is 1. The van der Waals surface area contributed by atoms with Crippen molar-refractivity contribution in [2.45, 2.75) is 26.2 Å². The van der Waals surface area contributed by atoms with Crippen LogP contribution in [0.25, 0.3) is 0 Å². The van der Waals surface area contributed by atoms with E-state index in [-0.39, 0.29) is 35.6 Å². The first-order valence-electron chi connectivity index (χ1n) is 7.91. The lowest BCUT2D eigenvalue weighted by molar-refractivity contribution is -0.117. The highest BCUT2D eigenvalue weighted by molar-refractivity contribution is 5.98. The number of anilines is 1. The zero-order valence-corrected chi connectivity index (χ0v) is 14.2. The van der Waals surface area contributed by atoms with E-state index in [1.165, 1.54) is 0 Å². The summed E-state index contributed by atoms with van der Waals surface area (Å²) >= 11 is 0. The molecule has 0 bridgehead atoms. The standard InChI is InChI=1S/C17H23N3O2.ClH/c1-17(10-18)7-8-20(11-17)16(22)13-3-2-4-14(9-13)19-15(21)12-5-6-12;/h2-4,9,12H,5-8,10-11,18H2,1H3,(H,19,21);1H. The minimum absolute atomic E-state index is 0. The van der Waals surface area contributed by atoms with Crippen molar-refractivity contribution in [1.29, 1.82) is 0 Å². The van der Waals surface area contributed by atoms with Crippen molar-refractivity contribution in [3.05, 3.63) is 29.8 Å². The molecule has 5 nitrogen and oxygen atoms in total. The summed E-state index contributed by atoms with van der Waals surface area (Å²) in [4.78, 5) is 26.3. The Morgan fingerprint density at radius 3 is 2.74 bits per heavy atom. The molecule has 0 aromatic heterocycles. The molecule has 1 heterocycles. The number of amides is 2. The Labute approximate surface area is 143 Å². The molecule has 2 amide bonds. The van der Waals surface area contributed by atoms with E-state index in [0.717, 1.165) is 25.8 Å². The van der Waals surface area contributed by atoms with Gasteiger partial charge < -0.3 is 16.0 Å². The molecule has 0 radical (unpaired) electrons. The fraction of sp³-hybridized carbons (Fsp3) is 0.529. The highest BCUT2D eigenvalue weighted by atomic mass is 35.5. The number of rotatable bonds is 4. The van der Waals surface area contributed by atoms with E-state index < -0.39 is 0 Å². The molecular formula is C17H24ClN3O2. The van der Waals surface area contributed by atoms with Gasteiger partial charge in [-0.05, 0) is 49.4 Å². The normalized spacial score (nSPS) is 23.3. The van der Waals surface area contributed by atoms with Gasteiger partial charge in [0.15, 0.2) is 0 Å². The Hall–Kier alpha value is -1.59. The Morgan fingerprint density at radius 2 is 2.13 bits per heavy atom. The van der Waals surface area contributed by atoms with Crippen molar-refractivity contribution in [3.63, 3.8) is 0 Å². The molecule has 1 aromatic carbocycles. The van der Waals surface area contributed by atoms with Crippen molar-refractivity contribution in [3.8, 4) is 0 Å². The first-order chi connectivity index (χ1) is 10.5. The number of carbonyl (C=O) groups excluding carboxylic acids is 2. The Balaban J connectivity index is 0.00000192. The number of nitrogens with zero attached hydrogens (tertiary/aromatic N) is 1. The number of carbonyl (C=O) groups is 2. The molecule has 3 rings (SSSR count). The largest absolute Gasteiger partial charge is 0.338 e. The minimum Gasteiger partial charge on any atom is -0.338 e. The van der Waals surface area contributed by atoms with Gasteiger partial charge in [-0.25, -0.2) is 0 Å². The maximum Gasteiger partial charge on any atom is 0.253 e. The Morgan fingerprint density at radius 1 is 1.39 bits per heavy atom. The predicted octanol–water partition coefficient (Wildman–Crippen LogP) is 2.27. The third-order valence-corrected chi connectivity index (χ3v) is 4.66. The molecule has 2 aliphatic rings. The van der Waals surface area contributed by atoms with Crippen molar-refractivity contribution in [2.75, 3.05) is 25.0 Å². The van der Waals surface area contributed by atoms with Crippen LogP contribution in [0.5, 0.6) is 0 Å². The fourth-order valence-electron chi connectivity index (χ4n) is 2.87. The third kappa shape index (κ3) is 4.03. The van der Waals surface area contributed by atoms with Crippen molar-refractivity contribution >= 4 is 29.9 Å². The van der Waals surface area contributed by atoms with E-state index in [1.807, 2.05) is 17.0 Å². The van der Waals surface area contributed by atoms with Gasteiger partial charge in [0.1, 0.15) is 0 Å². The van der Waals surface area contributed by atoms with Gasteiger partial charge in [0.25, 0.3) is 5.91 Å². The number of benzene rings is 1. The average molecular weight is 338 g/mol. The van der Waals surface area contributed by atoms with Gasteiger partial charge in [-0.1, -0.05) is 13.0 Å². The van der Waals surface area contributed by atoms with Crippen molar-refractivity contribution < 1.29 is 9.59 Å². The van der Waals surface area contributed by atoms with E-state index in [9.17, 15) is 9.59 Å². The fourth-order valence-corrected chi connectivity index (χ4v) is 2.87. The first-order valence-corrected chi connectivity index (χ1v) is 7.91. The van der Waals surface area contributed by atoms with E-state index in [2.05, 4.69) is 12.2 Å². The van der Waals surface area contributed by atoms with Crippen LogP contribution in [0, 0.1) is 11.3 Å². The molecule has 1 aliphatic carbocycles. The van der Waals surface area contributed by atoms with Crippen LogP contribution < -0.4 is 11.1 Å². The summed E-state index contributed by atoms with van der Waals surface area (Å²) in [6.07, 6.45) is 2.87. The molecule has 2 fully saturated rings. The summed E-state index contributed by atoms with van der Waals surface area (Å²) in [5.74, 6) is 0.226. The maximum absolute atomic E-state index is 12.6. The molecule has 1 atom stereocenters. The van der Waals surface area contributed by atoms with Gasteiger partial charge in [-0.15, -0.1) is 12.4 Å². The molecule has 23 heavy (non-hydrogen) atoms. The summed E-state index contributed by atoms with van der Waals surface area (Å²) in [6, 6.07) is 7.20. The van der Waals surface area contributed by atoms with Crippen molar-refractivity contribution in [1.82, 2.24) is 4.90 Å². The van der Waals surface area contributed by atoms with Crippen LogP contribution in [0.2, 0.25) is 0 Å². The van der Waals surface area contributed by atoms with Gasteiger partial charge in [0, 0.05) is 30.3 Å². The second-order valence-corrected chi connectivity index (χ2v) is 6.84. The van der Waals surface area contributed by atoms with E-state index in [4.69, 9.17) is 5.73 Å². The second kappa shape index (κ2) is 6.89. The van der Waals surface area contributed by atoms with Gasteiger partial charge in [-0.2, -0.15) is 0 Å². The van der Waals surface area contributed by atoms with E-state index in [0.29, 0.717) is 24.3 Å². The summed E-state index contributed by atoms with van der Waals surface area (Å²) in [7, 11) is 0. The number of hydrogen-bond donors (Lipinski definition) is 2. The van der Waals surface area contributed by atoms with Crippen LogP contribution in [0.3, 0.4) is 0 Å². The van der Waals surface area contributed by atoms with Crippen LogP contribution in [-0.2, 0) is 4.79 Å². The molecule has 1 aliphatic heterocycles. The van der Waals surface area contributed by atoms with Gasteiger partial charge in [0.2, 0.25) is 5.91 Å². The smallest absolute Gasteiger partial charge is 0.253 e. The number of nitrogens with one attached hydrogen (secondary N) is 1. The molecule has 6 heteroatoms. The zero-order chi connectivity index (χ0) is 15.7. The van der Waals surface area contributed by atoms with Gasteiger partial charge >= 0.3 is 0 Å². The second-order valence-electron chi connectivity index (χ2n) is 6.84. The topological polar surface area (TPSA) is 75.4 Å². The van der Waals surface area contributed by atoms with Gasteiger partial charge in [-0.3, -0.25) is 9.59 Å². The Bertz CT molecular complexity index is 603. The molecule has 1 saturated carbocycles. The molecule has 1 aromatic rings. The third-order valence-electron chi connectivity index (χ3n) is 4.66. The van der Waals surface area contributed by atoms with Gasteiger partial charge in [0.05, 0.1) is 0 Å². The van der Waals surface area contributed by atoms with Crippen LogP contribution >= 0.6 is 12.4 Å². The quantitative estimate of drug-likeness (QED) is 0.885. The molecule has 126 valence electrons. The number of nitrogens with two attached hydrogens (primary N) is 1. The summed E-state index contributed by atoms with van der Waals surface area (Å²) in [6.45, 7) is 4.15. The summed E-state index contributed by atoms with van der Waals surface area (Å²) < 4.78 is 0. The molecular weight excluding hydrogens is 314 g/mol. The SMILES string of the molecule is CC1(CN)CCN(C(=O)c2cccc(NC(=O)C3CC3)c2)C1.Cl. The zero-order valence-electron chi connectivity index (χ0n) is 13.4. The Kier molecular flexibility index (Phi) is 5.32. The van der Waals surface area contributed by atoms with Crippen LogP contribution in [0.1, 0.15) is 36.5 Å². The predicted molar refractivity (Wildman–Crippen MR) is 92.7 cm³/mol. The van der Waals surface area contributed by atoms with Crippen LogP contribution in [0.15, 0.2) is 24.3 Å². The van der Waals surface area contributed by atoms with Crippen LogP contribution in [0.4, 0.5) is 5.69 Å². The maximum atomic E-state index is 12.6. The average Bonchev–Trinajstić information content (AvgIpc) is 3.30. The monoisotopic (exact) mass is 337 g/mol. The van der Waals surface area contributed by atoms with E-state index >= 15 is 0 Å². The van der Waals surface area contributed by atoms with Crippen LogP contribution in [-0.4, -0.2) is 36.3 Å². The molecule has 0 spiro atoms. The lowest BCUT2D eigenvalue weighted by atomic mass is 9.90. The number of likely N-dealkylation sites (tertiary alicyclic amines) is 1. The van der Waals surface area contributed by atoms with E-state index in [1.54, 1.807) is 12.1 Å². The first kappa shape index (κ1) is 17.8. The minimum atomic E-state index is 0.